The normalized spacial score (nSPS) is 11.7. The maximum Gasteiger partial charge on any atom is 0.315 e. The van der Waals surface area contributed by atoms with Crippen molar-refractivity contribution in [1.29, 1.82) is 0 Å². The third-order valence-electron chi connectivity index (χ3n) is 2.22. The number of nitro groups is 1. The summed E-state index contributed by atoms with van der Waals surface area (Å²) in [6, 6.07) is 4.18. The summed E-state index contributed by atoms with van der Waals surface area (Å²) < 4.78 is 27.8. The van der Waals surface area contributed by atoms with Crippen LogP contribution in [0.25, 0.3) is 0 Å². The number of hydrogen-bond acceptors (Lipinski definition) is 7. The highest BCUT2D eigenvalue weighted by Crippen LogP contribution is 2.18. The molecule has 0 fully saturated rings. The van der Waals surface area contributed by atoms with Gasteiger partial charge in [-0.25, -0.2) is 0 Å². The van der Waals surface area contributed by atoms with E-state index in [-0.39, 0.29) is 22.4 Å². The third kappa shape index (κ3) is 4.56. The lowest BCUT2D eigenvalue weighted by Crippen LogP contribution is -2.25. The molecule has 0 aliphatic carbocycles. The van der Waals surface area contributed by atoms with Crippen LogP contribution >= 0.6 is 0 Å². The fourth-order valence-corrected chi connectivity index (χ4v) is 2.08. The average molecular weight is 290 g/mol. The van der Waals surface area contributed by atoms with Crippen LogP contribution in [0.1, 0.15) is 19.8 Å². The molecule has 1 N–H and O–H groups in total. The molecule has 0 aliphatic heterocycles. The zero-order valence-electron chi connectivity index (χ0n) is 10.2. The number of nitro benzene ring substituents is 1. The number of benzene rings is 1. The van der Waals surface area contributed by atoms with Crippen molar-refractivity contribution >= 4 is 15.8 Å². The number of rotatable bonds is 7. The lowest BCUT2D eigenvalue weighted by Gasteiger charge is -2.13. The quantitative estimate of drug-likeness (QED) is 0.601. The van der Waals surface area contributed by atoms with Crippen molar-refractivity contribution in [3.05, 3.63) is 34.4 Å². The highest BCUT2D eigenvalue weighted by molar-refractivity contribution is 7.86. The van der Waals surface area contributed by atoms with Crippen molar-refractivity contribution in [1.82, 2.24) is 5.23 Å². The molecule has 0 atom stereocenters. The maximum absolute atomic E-state index is 11.7. The molecule has 106 valence electrons. The first kappa shape index (κ1) is 15.5. The SMILES string of the molecule is CCCCN(O)OS(=O)(=O)c1ccc([N+](=O)[O-])cc1. The molecule has 0 aromatic heterocycles. The van der Waals surface area contributed by atoms with Gasteiger partial charge in [-0.15, -0.1) is 4.28 Å². The van der Waals surface area contributed by atoms with E-state index in [1.165, 1.54) is 0 Å². The zero-order chi connectivity index (χ0) is 14.5. The van der Waals surface area contributed by atoms with Crippen LogP contribution in [-0.4, -0.2) is 30.3 Å². The van der Waals surface area contributed by atoms with Crippen LogP contribution in [0.2, 0.25) is 0 Å². The van der Waals surface area contributed by atoms with Gasteiger partial charge in [0.05, 0.1) is 16.4 Å². The minimum atomic E-state index is -4.18. The number of non-ortho nitro benzene ring substituents is 1. The van der Waals surface area contributed by atoms with E-state index in [1.807, 2.05) is 6.92 Å². The molecule has 0 aliphatic rings. The van der Waals surface area contributed by atoms with Gasteiger partial charge in [0, 0.05) is 12.1 Å². The van der Waals surface area contributed by atoms with Gasteiger partial charge in [-0.05, 0) is 18.6 Å². The van der Waals surface area contributed by atoms with Crippen LogP contribution in [0.4, 0.5) is 5.69 Å². The first-order valence-corrected chi connectivity index (χ1v) is 6.93. The van der Waals surface area contributed by atoms with Gasteiger partial charge in [-0.3, -0.25) is 15.3 Å². The zero-order valence-corrected chi connectivity index (χ0v) is 11.0. The third-order valence-corrected chi connectivity index (χ3v) is 3.44. The Bertz CT molecular complexity index is 527. The molecule has 1 rings (SSSR count). The maximum atomic E-state index is 11.7. The number of hydroxylamine groups is 2. The number of hydrogen-bond donors (Lipinski definition) is 1. The van der Waals surface area contributed by atoms with E-state index in [9.17, 15) is 23.7 Å². The minimum absolute atomic E-state index is 0.0444. The van der Waals surface area contributed by atoms with Crippen LogP contribution in [0, 0.1) is 10.1 Å². The molecule has 19 heavy (non-hydrogen) atoms. The van der Waals surface area contributed by atoms with Crippen molar-refractivity contribution in [2.75, 3.05) is 6.54 Å². The molecule has 1 aromatic carbocycles. The van der Waals surface area contributed by atoms with E-state index >= 15 is 0 Å². The number of nitrogens with zero attached hydrogens (tertiary/aromatic N) is 2. The summed E-state index contributed by atoms with van der Waals surface area (Å²) >= 11 is 0. The predicted octanol–water partition coefficient (Wildman–Crippen LogP) is 1.71. The summed E-state index contributed by atoms with van der Waals surface area (Å²) in [4.78, 5) is 9.52. The van der Waals surface area contributed by atoms with Crippen LogP contribution in [-0.2, 0) is 14.4 Å². The van der Waals surface area contributed by atoms with Gasteiger partial charge in [0.15, 0.2) is 0 Å². The molecule has 0 saturated carbocycles. The summed E-state index contributed by atoms with van der Waals surface area (Å²) in [7, 11) is -4.18. The van der Waals surface area contributed by atoms with E-state index in [2.05, 4.69) is 4.28 Å². The fraction of sp³-hybridized carbons (Fsp3) is 0.400. The molecular formula is C10H14N2O6S. The van der Waals surface area contributed by atoms with Crippen molar-refractivity contribution in [2.45, 2.75) is 24.7 Å². The van der Waals surface area contributed by atoms with Gasteiger partial charge in [-0.1, -0.05) is 18.6 Å². The molecule has 0 bridgehead atoms. The van der Waals surface area contributed by atoms with Crippen molar-refractivity contribution in [3.63, 3.8) is 0 Å². The second kappa shape index (κ2) is 6.57. The van der Waals surface area contributed by atoms with E-state index in [0.717, 1.165) is 30.7 Å². The Balaban J connectivity index is 2.79. The smallest absolute Gasteiger partial charge is 0.289 e. The second-order valence-electron chi connectivity index (χ2n) is 3.71. The van der Waals surface area contributed by atoms with Gasteiger partial charge in [0.1, 0.15) is 0 Å². The highest BCUT2D eigenvalue weighted by atomic mass is 32.2. The lowest BCUT2D eigenvalue weighted by atomic mass is 10.3. The standard InChI is InChI=1S/C10H14N2O6S/c1-2-3-8-11(13)18-19(16,17)10-6-4-9(5-7-10)12(14)15/h4-7,13H,2-3,8H2,1H3. The topological polar surface area (TPSA) is 110 Å². The molecule has 0 heterocycles. The van der Waals surface area contributed by atoms with Crippen molar-refractivity contribution in [3.8, 4) is 0 Å². The summed E-state index contributed by atoms with van der Waals surface area (Å²) in [5.41, 5.74) is -0.231. The summed E-state index contributed by atoms with van der Waals surface area (Å²) in [5.74, 6) is 0. The highest BCUT2D eigenvalue weighted by Gasteiger charge is 2.20. The molecule has 0 saturated heterocycles. The van der Waals surface area contributed by atoms with Crippen LogP contribution in [0.3, 0.4) is 0 Å². The van der Waals surface area contributed by atoms with Gasteiger partial charge in [0.25, 0.3) is 5.69 Å². The molecule has 0 unspecified atom stereocenters. The molecule has 0 spiro atoms. The van der Waals surface area contributed by atoms with Gasteiger partial charge >= 0.3 is 10.1 Å². The predicted molar refractivity (Wildman–Crippen MR) is 64.8 cm³/mol. The Morgan fingerprint density at radius 3 is 2.42 bits per heavy atom. The molecule has 1 aromatic rings. The Labute approximate surface area is 110 Å². The molecule has 9 heteroatoms. The van der Waals surface area contributed by atoms with Crippen LogP contribution in [0.15, 0.2) is 29.2 Å². The Kier molecular flexibility index (Phi) is 5.36. The van der Waals surface area contributed by atoms with Gasteiger partial charge in [-0.2, -0.15) is 8.42 Å². The summed E-state index contributed by atoms with van der Waals surface area (Å²) in [6.07, 6.45) is 1.32. The van der Waals surface area contributed by atoms with E-state index < -0.39 is 15.0 Å². The molecular weight excluding hydrogens is 276 g/mol. The molecule has 0 radical (unpaired) electrons. The van der Waals surface area contributed by atoms with E-state index in [0.29, 0.717) is 6.42 Å². The minimum Gasteiger partial charge on any atom is -0.289 e. The van der Waals surface area contributed by atoms with Crippen molar-refractivity contribution < 1.29 is 22.8 Å². The Morgan fingerprint density at radius 1 is 1.37 bits per heavy atom. The van der Waals surface area contributed by atoms with Crippen LogP contribution in [0.5, 0.6) is 0 Å². The van der Waals surface area contributed by atoms with Crippen molar-refractivity contribution in [2.24, 2.45) is 0 Å². The molecule has 0 amide bonds. The summed E-state index contributed by atoms with van der Waals surface area (Å²) in [6.45, 7) is 1.92. The fourth-order valence-electron chi connectivity index (χ4n) is 1.22. The second-order valence-corrected chi connectivity index (χ2v) is 5.24. The van der Waals surface area contributed by atoms with E-state index in [1.54, 1.807) is 0 Å². The van der Waals surface area contributed by atoms with Gasteiger partial charge in [0.2, 0.25) is 0 Å². The first-order valence-electron chi connectivity index (χ1n) is 5.52. The Morgan fingerprint density at radius 2 is 1.95 bits per heavy atom. The monoisotopic (exact) mass is 290 g/mol. The average Bonchev–Trinajstić information content (AvgIpc) is 2.36. The number of unbranched alkanes of at least 4 members (excludes halogenated alkanes) is 1. The first-order chi connectivity index (χ1) is 8.86. The van der Waals surface area contributed by atoms with Crippen LogP contribution < -0.4 is 0 Å². The lowest BCUT2D eigenvalue weighted by molar-refractivity contribution is -0.384. The van der Waals surface area contributed by atoms with Gasteiger partial charge < -0.3 is 0 Å². The largest absolute Gasteiger partial charge is 0.315 e. The Hall–Kier alpha value is -1.55. The van der Waals surface area contributed by atoms with E-state index in [4.69, 9.17) is 0 Å². The summed E-state index contributed by atoms with van der Waals surface area (Å²) in [5, 5.41) is 19.9. The molecule has 8 nitrogen and oxygen atoms in total.